The van der Waals surface area contributed by atoms with Gasteiger partial charge in [0.2, 0.25) is 0 Å². The van der Waals surface area contributed by atoms with Crippen LogP contribution in [-0.2, 0) is 6.54 Å². The first kappa shape index (κ1) is 17.9. The fraction of sp³-hybridized carbons (Fsp3) is 0.318. The number of benzene rings is 2. The van der Waals surface area contributed by atoms with Crippen LogP contribution >= 0.6 is 0 Å². The van der Waals surface area contributed by atoms with Crippen molar-refractivity contribution < 1.29 is 0 Å². The second kappa shape index (κ2) is 8.05. The molecule has 3 N–H and O–H groups in total. The molecule has 1 saturated heterocycles. The lowest BCUT2D eigenvalue weighted by Crippen LogP contribution is -2.30. The summed E-state index contributed by atoms with van der Waals surface area (Å²) in [4.78, 5) is 10.1. The highest BCUT2D eigenvalue weighted by molar-refractivity contribution is 5.63. The zero-order chi connectivity index (χ0) is 18.6. The molecule has 0 bridgehead atoms. The van der Waals surface area contributed by atoms with Crippen molar-refractivity contribution in [3.05, 3.63) is 77.9 Å². The van der Waals surface area contributed by atoms with E-state index in [1.54, 1.807) is 0 Å². The molecule has 1 aromatic heterocycles. The van der Waals surface area contributed by atoms with E-state index in [1.807, 2.05) is 13.1 Å². The summed E-state index contributed by atoms with van der Waals surface area (Å²) in [7, 11) is 2.16. The Morgan fingerprint density at radius 2 is 1.78 bits per heavy atom. The molecule has 4 rings (SSSR count). The molecule has 5 heteroatoms. The van der Waals surface area contributed by atoms with Gasteiger partial charge in [0.1, 0.15) is 5.82 Å². The maximum atomic E-state index is 4.42. The second-order valence-corrected chi connectivity index (χ2v) is 7.46. The lowest BCUT2D eigenvalue weighted by molar-refractivity contribution is 0.258. The van der Waals surface area contributed by atoms with Crippen LogP contribution in [-0.4, -0.2) is 35.0 Å². The van der Waals surface area contributed by atoms with Gasteiger partial charge < -0.3 is 4.98 Å². The summed E-state index contributed by atoms with van der Waals surface area (Å²) in [6, 6.07) is 19.8. The van der Waals surface area contributed by atoms with Crippen molar-refractivity contribution in [1.82, 2.24) is 25.7 Å². The number of hydrogen-bond donors (Lipinski definition) is 3. The summed E-state index contributed by atoms with van der Waals surface area (Å²) in [5, 5.41) is 0. The molecule has 2 aromatic carbocycles. The Balaban J connectivity index is 1.41. The van der Waals surface area contributed by atoms with Crippen molar-refractivity contribution in [2.45, 2.75) is 19.5 Å². The SMILES string of the molecule is Cc1cnc(CN(C)CC2CNNC2c2ccc(-c3ccccc3)cc2)[nH]1. The number of hydrazine groups is 1. The Kier molecular flexibility index (Phi) is 5.34. The molecule has 0 radical (unpaired) electrons. The lowest BCUT2D eigenvalue weighted by atomic mass is 9.93. The normalized spacial score (nSPS) is 19.7. The Hall–Kier alpha value is -2.47. The number of aromatic amines is 1. The van der Waals surface area contributed by atoms with Crippen LogP contribution in [0.1, 0.15) is 23.1 Å². The van der Waals surface area contributed by atoms with Gasteiger partial charge in [-0.15, -0.1) is 0 Å². The van der Waals surface area contributed by atoms with Gasteiger partial charge in [0, 0.05) is 30.9 Å². The highest BCUT2D eigenvalue weighted by Crippen LogP contribution is 2.28. The number of aromatic nitrogens is 2. The van der Waals surface area contributed by atoms with Crippen LogP contribution in [0, 0.1) is 12.8 Å². The molecule has 1 aliphatic heterocycles. The van der Waals surface area contributed by atoms with Gasteiger partial charge in [0.15, 0.2) is 0 Å². The van der Waals surface area contributed by atoms with E-state index in [0.717, 1.165) is 31.2 Å². The maximum absolute atomic E-state index is 4.42. The van der Waals surface area contributed by atoms with Gasteiger partial charge in [0.25, 0.3) is 0 Å². The summed E-state index contributed by atoms with van der Waals surface area (Å²) in [5.74, 6) is 1.53. The maximum Gasteiger partial charge on any atom is 0.120 e. The van der Waals surface area contributed by atoms with Gasteiger partial charge in [-0.25, -0.2) is 10.4 Å². The number of rotatable bonds is 6. The minimum absolute atomic E-state index is 0.315. The first-order valence-corrected chi connectivity index (χ1v) is 9.52. The van der Waals surface area contributed by atoms with Gasteiger partial charge in [-0.1, -0.05) is 54.6 Å². The quantitative estimate of drug-likeness (QED) is 0.631. The number of nitrogens with one attached hydrogen (secondary N) is 3. The molecule has 0 aliphatic carbocycles. The second-order valence-electron chi connectivity index (χ2n) is 7.46. The number of hydrogen-bond acceptors (Lipinski definition) is 4. The molecular formula is C22H27N5. The van der Waals surface area contributed by atoms with Gasteiger partial charge in [-0.2, -0.15) is 0 Å². The molecule has 3 aromatic rings. The highest BCUT2D eigenvalue weighted by Gasteiger charge is 2.29. The van der Waals surface area contributed by atoms with Crippen molar-refractivity contribution in [3.63, 3.8) is 0 Å². The zero-order valence-electron chi connectivity index (χ0n) is 15.9. The Labute approximate surface area is 160 Å². The fourth-order valence-electron chi connectivity index (χ4n) is 3.84. The van der Waals surface area contributed by atoms with E-state index in [0.29, 0.717) is 12.0 Å². The zero-order valence-corrected chi connectivity index (χ0v) is 15.9. The predicted octanol–water partition coefficient (Wildman–Crippen LogP) is 3.28. The van der Waals surface area contributed by atoms with E-state index in [-0.39, 0.29) is 0 Å². The van der Waals surface area contributed by atoms with Crippen LogP contribution in [0.3, 0.4) is 0 Å². The van der Waals surface area contributed by atoms with Crippen molar-refractivity contribution in [1.29, 1.82) is 0 Å². The molecule has 2 unspecified atom stereocenters. The molecule has 27 heavy (non-hydrogen) atoms. The first-order chi connectivity index (χ1) is 13.2. The largest absolute Gasteiger partial charge is 0.345 e. The molecule has 5 nitrogen and oxygen atoms in total. The minimum Gasteiger partial charge on any atom is -0.345 e. The van der Waals surface area contributed by atoms with E-state index in [1.165, 1.54) is 16.7 Å². The van der Waals surface area contributed by atoms with Crippen molar-refractivity contribution in [3.8, 4) is 11.1 Å². The Morgan fingerprint density at radius 1 is 1.04 bits per heavy atom. The molecule has 0 amide bonds. The smallest absolute Gasteiger partial charge is 0.120 e. The van der Waals surface area contributed by atoms with Gasteiger partial charge >= 0.3 is 0 Å². The standard InChI is InChI=1S/C22H27N5/c1-16-12-23-21(25-16)15-27(2)14-20-13-24-26-22(20)19-10-8-18(9-11-19)17-6-4-3-5-7-17/h3-12,20,22,24,26H,13-15H2,1-2H3,(H,23,25). The van der Waals surface area contributed by atoms with E-state index >= 15 is 0 Å². The topological polar surface area (TPSA) is 56.0 Å². The third kappa shape index (κ3) is 4.27. The molecule has 1 aliphatic rings. The molecule has 140 valence electrons. The summed E-state index contributed by atoms with van der Waals surface area (Å²) in [6.07, 6.45) is 1.89. The third-order valence-corrected chi connectivity index (χ3v) is 5.19. The summed E-state index contributed by atoms with van der Waals surface area (Å²) in [6.45, 7) is 4.85. The Morgan fingerprint density at radius 3 is 2.48 bits per heavy atom. The first-order valence-electron chi connectivity index (χ1n) is 9.52. The van der Waals surface area contributed by atoms with Crippen molar-refractivity contribution in [2.75, 3.05) is 20.1 Å². The predicted molar refractivity (Wildman–Crippen MR) is 109 cm³/mol. The van der Waals surface area contributed by atoms with Crippen LogP contribution in [0.2, 0.25) is 0 Å². The van der Waals surface area contributed by atoms with Gasteiger partial charge in [0.05, 0.1) is 12.6 Å². The van der Waals surface area contributed by atoms with Gasteiger partial charge in [-0.3, -0.25) is 10.3 Å². The van der Waals surface area contributed by atoms with E-state index in [2.05, 4.69) is 87.4 Å². The Bertz CT molecular complexity index is 856. The van der Waals surface area contributed by atoms with Crippen molar-refractivity contribution in [2.24, 2.45) is 5.92 Å². The highest BCUT2D eigenvalue weighted by atomic mass is 15.4. The summed E-state index contributed by atoms with van der Waals surface area (Å²) in [5.41, 5.74) is 11.7. The number of imidazole rings is 1. The molecule has 1 fully saturated rings. The number of nitrogens with zero attached hydrogens (tertiary/aromatic N) is 2. The average Bonchev–Trinajstić information content (AvgIpc) is 3.31. The fourth-order valence-corrected chi connectivity index (χ4v) is 3.84. The minimum atomic E-state index is 0.315. The summed E-state index contributed by atoms with van der Waals surface area (Å²) < 4.78 is 0. The van der Waals surface area contributed by atoms with Crippen LogP contribution in [0.15, 0.2) is 60.8 Å². The molecule has 2 heterocycles. The van der Waals surface area contributed by atoms with Crippen molar-refractivity contribution >= 4 is 0 Å². The number of H-pyrrole nitrogens is 1. The van der Waals surface area contributed by atoms with Crippen LogP contribution in [0.5, 0.6) is 0 Å². The van der Waals surface area contributed by atoms with E-state index in [4.69, 9.17) is 0 Å². The van der Waals surface area contributed by atoms with Gasteiger partial charge in [-0.05, 0) is 30.7 Å². The van der Waals surface area contributed by atoms with Crippen LogP contribution in [0.4, 0.5) is 0 Å². The average molecular weight is 361 g/mol. The van der Waals surface area contributed by atoms with Crippen LogP contribution < -0.4 is 10.9 Å². The molecule has 0 saturated carbocycles. The van der Waals surface area contributed by atoms with Crippen LogP contribution in [0.25, 0.3) is 11.1 Å². The van der Waals surface area contributed by atoms with E-state index < -0.39 is 0 Å². The molecule has 0 spiro atoms. The number of aryl methyl sites for hydroxylation is 1. The third-order valence-electron chi connectivity index (χ3n) is 5.19. The monoisotopic (exact) mass is 361 g/mol. The molecule has 2 atom stereocenters. The van der Waals surface area contributed by atoms with E-state index in [9.17, 15) is 0 Å². The summed E-state index contributed by atoms with van der Waals surface area (Å²) >= 11 is 0. The lowest BCUT2D eigenvalue weighted by Gasteiger charge is -2.24. The molecular weight excluding hydrogens is 334 g/mol.